The van der Waals surface area contributed by atoms with Crippen molar-refractivity contribution in [1.82, 2.24) is 0 Å². The van der Waals surface area contributed by atoms with Crippen molar-refractivity contribution in [2.45, 2.75) is 10.0 Å². The van der Waals surface area contributed by atoms with Crippen molar-refractivity contribution in [2.24, 2.45) is 0 Å². The van der Waals surface area contributed by atoms with Gasteiger partial charge < -0.3 is 43.4 Å². The van der Waals surface area contributed by atoms with E-state index in [2.05, 4.69) is 31.9 Å². The molecule has 0 bridgehead atoms. The molecule has 0 aromatic rings. The van der Waals surface area contributed by atoms with Gasteiger partial charge in [-0.15, -0.1) is 0 Å². The predicted molar refractivity (Wildman–Crippen MR) is 106 cm³/mol. The molecule has 0 fully saturated rings. The van der Waals surface area contributed by atoms with Crippen molar-refractivity contribution in [3.63, 3.8) is 0 Å². The molecule has 0 saturated carbocycles. The fourth-order valence-corrected chi connectivity index (χ4v) is 2.34. The fraction of sp³-hybridized carbons (Fsp3) is 1.00. The van der Waals surface area contributed by atoms with Gasteiger partial charge in [0.15, 0.2) is 0 Å². The van der Waals surface area contributed by atoms with Crippen LogP contribution in [0, 0.1) is 0 Å². The van der Waals surface area contributed by atoms with E-state index in [1.807, 2.05) is 0 Å². The summed E-state index contributed by atoms with van der Waals surface area (Å²) in [6.07, 6.45) is 0. The Kier molecular flexibility index (Phi) is 23.4. The first-order valence-corrected chi connectivity index (χ1v) is 10.7. The molecule has 0 rings (SSSR count). The number of halogens is 2. The van der Waals surface area contributed by atoms with Crippen molar-refractivity contribution in [2.75, 3.05) is 92.5 Å². The molecule has 2 unspecified atom stereocenters. The molecule has 164 valence electrons. The van der Waals surface area contributed by atoms with Crippen molar-refractivity contribution in [3.8, 4) is 0 Å². The van der Waals surface area contributed by atoms with Gasteiger partial charge in [-0.25, -0.2) is 0 Å². The molecule has 0 aliphatic carbocycles. The van der Waals surface area contributed by atoms with E-state index < -0.39 is 0 Å². The van der Waals surface area contributed by atoms with Crippen LogP contribution in [0.25, 0.3) is 0 Å². The van der Waals surface area contributed by atoms with E-state index in [1.54, 1.807) is 0 Å². The highest BCUT2D eigenvalue weighted by molar-refractivity contribution is 9.09. The first-order chi connectivity index (χ1) is 13.2. The summed E-state index contributed by atoms with van der Waals surface area (Å²) in [4.78, 5) is 0. The van der Waals surface area contributed by atoms with Crippen LogP contribution in [0.5, 0.6) is 0 Å². The number of hydrogen-bond acceptors (Lipinski definition) is 9. The van der Waals surface area contributed by atoms with Gasteiger partial charge in [-0.05, 0) is 0 Å². The number of ether oxygens (including phenoxy) is 7. The van der Waals surface area contributed by atoms with Gasteiger partial charge in [0.1, 0.15) is 10.0 Å². The van der Waals surface area contributed by atoms with Crippen LogP contribution in [-0.2, 0) is 33.2 Å². The molecule has 0 heterocycles. The molecular weight excluding hydrogens is 496 g/mol. The van der Waals surface area contributed by atoms with E-state index in [-0.39, 0.29) is 23.2 Å². The molecule has 27 heavy (non-hydrogen) atoms. The van der Waals surface area contributed by atoms with Crippen LogP contribution in [-0.4, -0.2) is 113 Å². The molecule has 0 spiro atoms. The molecule has 0 aliphatic rings. The minimum atomic E-state index is -0.228. The summed E-state index contributed by atoms with van der Waals surface area (Å²) >= 11 is 6.74. The Hall–Kier alpha value is 0.600. The lowest BCUT2D eigenvalue weighted by Crippen LogP contribution is -2.21. The average Bonchev–Trinajstić information content (AvgIpc) is 2.66. The SMILES string of the molecule is OCCOCCOCCOC(Br)COCC(Br)OCCOCCOCCO. The smallest absolute Gasteiger partial charge is 0.135 e. The summed E-state index contributed by atoms with van der Waals surface area (Å²) in [5.74, 6) is 0. The van der Waals surface area contributed by atoms with Gasteiger partial charge in [-0.1, -0.05) is 31.9 Å². The highest BCUT2D eigenvalue weighted by atomic mass is 79.9. The van der Waals surface area contributed by atoms with E-state index >= 15 is 0 Å². The second-order valence-electron chi connectivity index (χ2n) is 5.00. The summed E-state index contributed by atoms with van der Waals surface area (Å²) in [5, 5.41) is 16.6. The number of aliphatic hydroxyl groups is 2. The summed E-state index contributed by atoms with van der Waals surface area (Å²) in [7, 11) is 0. The van der Waals surface area contributed by atoms with Crippen molar-refractivity contribution in [3.05, 3.63) is 0 Å². The van der Waals surface area contributed by atoms with Crippen molar-refractivity contribution < 1.29 is 43.4 Å². The van der Waals surface area contributed by atoms with Crippen LogP contribution in [0.2, 0.25) is 0 Å². The first kappa shape index (κ1) is 27.6. The van der Waals surface area contributed by atoms with E-state index in [0.29, 0.717) is 79.3 Å². The van der Waals surface area contributed by atoms with Crippen LogP contribution in [0.4, 0.5) is 0 Å². The molecule has 0 aromatic heterocycles. The van der Waals surface area contributed by atoms with Gasteiger partial charge >= 0.3 is 0 Å². The minimum absolute atomic E-state index is 0.0179. The maximum atomic E-state index is 8.54. The molecular formula is C16H32Br2O9. The van der Waals surface area contributed by atoms with Crippen molar-refractivity contribution in [1.29, 1.82) is 0 Å². The third-order valence-corrected chi connectivity index (χ3v) is 3.82. The lowest BCUT2D eigenvalue weighted by molar-refractivity contribution is -0.0341. The van der Waals surface area contributed by atoms with E-state index in [1.165, 1.54) is 0 Å². The molecule has 0 radical (unpaired) electrons. The molecule has 2 atom stereocenters. The summed E-state index contributed by atoms with van der Waals surface area (Å²) in [5.41, 5.74) is 0. The van der Waals surface area contributed by atoms with E-state index in [4.69, 9.17) is 43.4 Å². The fourth-order valence-electron chi connectivity index (χ4n) is 1.59. The largest absolute Gasteiger partial charge is 0.394 e. The zero-order valence-corrected chi connectivity index (χ0v) is 18.7. The van der Waals surface area contributed by atoms with Crippen LogP contribution in [0.15, 0.2) is 0 Å². The Balaban J connectivity index is 3.29. The van der Waals surface area contributed by atoms with E-state index in [0.717, 1.165) is 0 Å². The predicted octanol–water partition coefficient (Wildman–Crippen LogP) is 0.529. The summed E-state index contributed by atoms with van der Waals surface area (Å²) < 4.78 is 37.2. The van der Waals surface area contributed by atoms with Crippen LogP contribution in [0.1, 0.15) is 0 Å². The van der Waals surface area contributed by atoms with Crippen LogP contribution < -0.4 is 0 Å². The monoisotopic (exact) mass is 526 g/mol. The molecule has 0 aromatic carbocycles. The van der Waals surface area contributed by atoms with E-state index in [9.17, 15) is 0 Å². The highest BCUT2D eigenvalue weighted by Crippen LogP contribution is 2.06. The Bertz CT molecular complexity index is 265. The lowest BCUT2D eigenvalue weighted by Gasteiger charge is -2.15. The zero-order chi connectivity index (χ0) is 20.0. The standard InChI is InChI=1S/C16H32Br2O9/c17-15(26-11-9-23-7-5-21-3-1-19)13-25-14-16(18)27-12-10-24-8-6-22-4-2-20/h15-16,19-20H,1-14H2. The molecule has 0 amide bonds. The Morgan fingerprint density at radius 3 is 1.19 bits per heavy atom. The van der Waals surface area contributed by atoms with Crippen molar-refractivity contribution >= 4 is 31.9 Å². The maximum Gasteiger partial charge on any atom is 0.135 e. The molecule has 11 heteroatoms. The Morgan fingerprint density at radius 2 is 0.815 bits per heavy atom. The van der Waals surface area contributed by atoms with Gasteiger partial charge in [0, 0.05) is 0 Å². The Morgan fingerprint density at radius 1 is 0.481 bits per heavy atom. The third-order valence-electron chi connectivity index (χ3n) is 2.77. The normalized spacial score (nSPS) is 13.8. The maximum absolute atomic E-state index is 8.54. The number of alkyl halides is 2. The van der Waals surface area contributed by atoms with Crippen LogP contribution in [0.3, 0.4) is 0 Å². The second-order valence-corrected chi connectivity index (χ2v) is 7.04. The molecule has 9 nitrogen and oxygen atoms in total. The van der Waals surface area contributed by atoms with Gasteiger partial charge in [0.05, 0.1) is 92.5 Å². The third kappa shape index (κ3) is 22.8. The van der Waals surface area contributed by atoms with Gasteiger partial charge in [-0.3, -0.25) is 0 Å². The first-order valence-electron chi connectivity index (χ1n) is 8.82. The summed E-state index contributed by atoms with van der Waals surface area (Å²) in [6, 6.07) is 0. The molecule has 0 aliphatic heterocycles. The van der Waals surface area contributed by atoms with Gasteiger partial charge in [0.2, 0.25) is 0 Å². The lowest BCUT2D eigenvalue weighted by atomic mass is 10.6. The number of hydrogen-bond donors (Lipinski definition) is 2. The quantitative estimate of drug-likeness (QED) is 0.154. The highest BCUT2D eigenvalue weighted by Gasteiger charge is 2.08. The molecule has 2 N–H and O–H groups in total. The Labute approximate surface area is 177 Å². The average molecular weight is 528 g/mol. The zero-order valence-electron chi connectivity index (χ0n) is 15.6. The summed E-state index contributed by atoms with van der Waals surface area (Å²) in [6.45, 7) is 5.08. The number of rotatable bonds is 22. The molecule has 0 saturated heterocycles. The minimum Gasteiger partial charge on any atom is -0.394 e. The topological polar surface area (TPSA) is 105 Å². The van der Waals surface area contributed by atoms with Gasteiger partial charge in [0.25, 0.3) is 0 Å². The second kappa shape index (κ2) is 22.9. The van der Waals surface area contributed by atoms with Crippen LogP contribution >= 0.6 is 31.9 Å². The number of aliphatic hydroxyl groups excluding tert-OH is 2. The van der Waals surface area contributed by atoms with Gasteiger partial charge in [-0.2, -0.15) is 0 Å².